The summed E-state index contributed by atoms with van der Waals surface area (Å²) in [5, 5.41) is 8.24. The zero-order valence-electron chi connectivity index (χ0n) is 13.7. The topological polar surface area (TPSA) is 29.9 Å². The number of nitrogens with zero attached hydrogens (tertiary/aromatic N) is 2. The second kappa shape index (κ2) is 7.41. The lowest BCUT2D eigenvalue weighted by Gasteiger charge is -2.20. The van der Waals surface area contributed by atoms with Gasteiger partial charge in [0.2, 0.25) is 0 Å². The van der Waals surface area contributed by atoms with Crippen LogP contribution in [-0.4, -0.2) is 16.3 Å². The quantitative estimate of drug-likeness (QED) is 0.838. The molecule has 3 heteroatoms. The summed E-state index contributed by atoms with van der Waals surface area (Å²) in [6.07, 6.45) is 2.23. The summed E-state index contributed by atoms with van der Waals surface area (Å²) in [5.74, 6) is 0. The van der Waals surface area contributed by atoms with Gasteiger partial charge in [0.05, 0.1) is 18.3 Å². The molecule has 0 aliphatic carbocycles. The van der Waals surface area contributed by atoms with Crippen LogP contribution in [0.3, 0.4) is 0 Å². The van der Waals surface area contributed by atoms with E-state index in [9.17, 15) is 0 Å². The van der Waals surface area contributed by atoms with E-state index in [1.54, 1.807) is 0 Å². The van der Waals surface area contributed by atoms with Crippen LogP contribution in [0.15, 0.2) is 30.3 Å². The molecule has 0 amide bonds. The first-order valence-corrected chi connectivity index (χ1v) is 7.97. The Morgan fingerprint density at radius 3 is 2.38 bits per heavy atom. The number of rotatable bonds is 7. The van der Waals surface area contributed by atoms with Crippen molar-refractivity contribution in [1.82, 2.24) is 15.1 Å². The molecule has 0 aliphatic rings. The van der Waals surface area contributed by atoms with Gasteiger partial charge in [-0.15, -0.1) is 0 Å². The maximum atomic E-state index is 4.59. The Bertz CT molecular complexity index is 554. The Balaban J connectivity index is 2.18. The van der Waals surface area contributed by atoms with Crippen LogP contribution in [0.5, 0.6) is 0 Å². The molecule has 114 valence electrons. The molecule has 1 atom stereocenters. The highest BCUT2D eigenvalue weighted by atomic mass is 15.3. The molecule has 2 aromatic rings. The van der Waals surface area contributed by atoms with Gasteiger partial charge in [-0.2, -0.15) is 5.10 Å². The molecule has 0 radical (unpaired) electrons. The number of hydrogen-bond donors (Lipinski definition) is 1. The highest BCUT2D eigenvalue weighted by Crippen LogP contribution is 2.18. The van der Waals surface area contributed by atoms with Gasteiger partial charge in [0, 0.05) is 5.69 Å². The number of aryl methyl sites for hydroxylation is 3. The van der Waals surface area contributed by atoms with Crippen molar-refractivity contribution in [3.05, 3.63) is 52.8 Å². The Morgan fingerprint density at radius 2 is 1.86 bits per heavy atom. The van der Waals surface area contributed by atoms with Crippen LogP contribution >= 0.6 is 0 Å². The molecule has 21 heavy (non-hydrogen) atoms. The average molecular weight is 285 g/mol. The number of benzene rings is 1. The normalized spacial score (nSPS) is 12.6. The smallest absolute Gasteiger partial charge is 0.0607 e. The number of nitrogens with one attached hydrogen (secondary N) is 1. The minimum absolute atomic E-state index is 0.314. The first-order valence-electron chi connectivity index (χ1n) is 7.97. The monoisotopic (exact) mass is 285 g/mol. The van der Waals surface area contributed by atoms with Gasteiger partial charge in [0.25, 0.3) is 0 Å². The Hall–Kier alpha value is -1.61. The van der Waals surface area contributed by atoms with E-state index in [4.69, 9.17) is 0 Å². The highest BCUT2D eigenvalue weighted by molar-refractivity contribution is 5.25. The summed E-state index contributed by atoms with van der Waals surface area (Å²) in [4.78, 5) is 0. The SMILES string of the molecule is CCCNC(Cn1nc(C)cc1C)c1ccc(CC)cc1. The molecular weight excluding hydrogens is 258 g/mol. The molecule has 3 nitrogen and oxygen atoms in total. The first kappa shape index (κ1) is 15.8. The molecule has 1 N–H and O–H groups in total. The van der Waals surface area contributed by atoms with Crippen molar-refractivity contribution in [3.63, 3.8) is 0 Å². The minimum Gasteiger partial charge on any atom is -0.308 e. The largest absolute Gasteiger partial charge is 0.308 e. The van der Waals surface area contributed by atoms with Gasteiger partial charge in [-0.25, -0.2) is 0 Å². The van der Waals surface area contributed by atoms with E-state index in [1.165, 1.54) is 16.8 Å². The van der Waals surface area contributed by atoms with Crippen molar-refractivity contribution in [1.29, 1.82) is 0 Å². The fraction of sp³-hybridized carbons (Fsp3) is 0.500. The molecule has 0 spiro atoms. The van der Waals surface area contributed by atoms with E-state index >= 15 is 0 Å². The van der Waals surface area contributed by atoms with Gasteiger partial charge in [-0.3, -0.25) is 4.68 Å². The van der Waals surface area contributed by atoms with Crippen LogP contribution in [0.2, 0.25) is 0 Å². The zero-order valence-corrected chi connectivity index (χ0v) is 13.7. The zero-order chi connectivity index (χ0) is 15.2. The van der Waals surface area contributed by atoms with Crippen LogP contribution in [0.1, 0.15) is 48.8 Å². The van der Waals surface area contributed by atoms with Gasteiger partial charge in [-0.05, 0) is 50.4 Å². The van der Waals surface area contributed by atoms with E-state index in [-0.39, 0.29) is 0 Å². The Morgan fingerprint density at radius 1 is 1.14 bits per heavy atom. The van der Waals surface area contributed by atoms with E-state index in [0.717, 1.165) is 31.6 Å². The fourth-order valence-corrected chi connectivity index (χ4v) is 2.62. The minimum atomic E-state index is 0.314. The third-order valence-corrected chi connectivity index (χ3v) is 3.89. The fourth-order valence-electron chi connectivity index (χ4n) is 2.62. The van der Waals surface area contributed by atoms with Crippen molar-refractivity contribution in [3.8, 4) is 0 Å². The Kier molecular flexibility index (Phi) is 5.57. The van der Waals surface area contributed by atoms with Gasteiger partial charge in [-0.1, -0.05) is 38.1 Å². The molecule has 1 unspecified atom stereocenters. The van der Waals surface area contributed by atoms with Crippen LogP contribution in [-0.2, 0) is 13.0 Å². The molecule has 0 fully saturated rings. The summed E-state index contributed by atoms with van der Waals surface area (Å²) in [6, 6.07) is 11.4. The van der Waals surface area contributed by atoms with E-state index in [2.05, 4.69) is 66.2 Å². The summed E-state index contributed by atoms with van der Waals surface area (Å²) < 4.78 is 2.11. The van der Waals surface area contributed by atoms with Crippen molar-refractivity contribution in [2.45, 2.75) is 53.1 Å². The average Bonchev–Trinajstić information content (AvgIpc) is 2.81. The van der Waals surface area contributed by atoms with E-state index in [0.29, 0.717) is 6.04 Å². The van der Waals surface area contributed by atoms with E-state index < -0.39 is 0 Å². The van der Waals surface area contributed by atoms with Crippen LogP contribution in [0.4, 0.5) is 0 Å². The molecule has 0 aliphatic heterocycles. The third kappa shape index (κ3) is 4.18. The Labute approximate surface area is 128 Å². The first-order chi connectivity index (χ1) is 10.1. The lowest BCUT2D eigenvalue weighted by atomic mass is 10.0. The number of hydrogen-bond acceptors (Lipinski definition) is 2. The van der Waals surface area contributed by atoms with Crippen LogP contribution in [0, 0.1) is 13.8 Å². The van der Waals surface area contributed by atoms with Crippen LogP contribution < -0.4 is 5.32 Å². The van der Waals surface area contributed by atoms with Gasteiger partial charge < -0.3 is 5.32 Å². The number of aromatic nitrogens is 2. The van der Waals surface area contributed by atoms with Crippen molar-refractivity contribution in [2.75, 3.05) is 6.54 Å². The lowest BCUT2D eigenvalue weighted by molar-refractivity contribution is 0.432. The predicted molar refractivity (Wildman–Crippen MR) is 88.6 cm³/mol. The standard InChI is InChI=1S/C18H27N3/c1-5-11-19-18(13-21-15(4)12-14(3)20-21)17-9-7-16(6-2)8-10-17/h7-10,12,18-19H,5-6,11,13H2,1-4H3. The predicted octanol–water partition coefficient (Wildman–Crippen LogP) is 3.80. The van der Waals surface area contributed by atoms with Gasteiger partial charge in [0.1, 0.15) is 0 Å². The summed E-state index contributed by atoms with van der Waals surface area (Å²) in [7, 11) is 0. The maximum Gasteiger partial charge on any atom is 0.0607 e. The molecule has 1 aromatic heterocycles. The molecule has 0 saturated heterocycles. The molecule has 1 aromatic carbocycles. The van der Waals surface area contributed by atoms with Crippen LogP contribution in [0.25, 0.3) is 0 Å². The molecule has 0 bridgehead atoms. The summed E-state index contributed by atoms with van der Waals surface area (Å²) in [5.41, 5.74) is 5.04. The summed E-state index contributed by atoms with van der Waals surface area (Å²) in [6.45, 7) is 10.5. The molecule has 2 rings (SSSR count). The third-order valence-electron chi connectivity index (χ3n) is 3.89. The maximum absolute atomic E-state index is 4.59. The molecule has 0 saturated carbocycles. The lowest BCUT2D eigenvalue weighted by Crippen LogP contribution is -2.27. The second-order valence-corrected chi connectivity index (χ2v) is 5.71. The van der Waals surface area contributed by atoms with Crippen molar-refractivity contribution < 1.29 is 0 Å². The molecule has 1 heterocycles. The van der Waals surface area contributed by atoms with Gasteiger partial charge in [0.15, 0.2) is 0 Å². The second-order valence-electron chi connectivity index (χ2n) is 5.71. The van der Waals surface area contributed by atoms with Crippen molar-refractivity contribution in [2.24, 2.45) is 0 Å². The van der Waals surface area contributed by atoms with E-state index in [1.807, 2.05) is 6.92 Å². The van der Waals surface area contributed by atoms with Gasteiger partial charge >= 0.3 is 0 Å². The highest BCUT2D eigenvalue weighted by Gasteiger charge is 2.13. The molecular formula is C18H27N3. The summed E-state index contributed by atoms with van der Waals surface area (Å²) >= 11 is 0. The van der Waals surface area contributed by atoms with Crippen molar-refractivity contribution >= 4 is 0 Å².